The number of fused-ring (bicyclic) bond motifs is 2. The molecule has 0 saturated heterocycles. The lowest BCUT2D eigenvalue weighted by Crippen LogP contribution is -2.23. The molecule has 0 radical (unpaired) electrons. The molecule has 0 N–H and O–H groups in total. The number of nitrogens with zero attached hydrogens (tertiary/aromatic N) is 5. The Hall–Kier alpha value is -2.77. The van der Waals surface area contributed by atoms with E-state index in [2.05, 4.69) is 15.1 Å². The Bertz CT molecular complexity index is 1180. The molecule has 132 valence electrons. The quantitative estimate of drug-likeness (QED) is 0.553. The Morgan fingerprint density at radius 2 is 2.00 bits per heavy atom. The zero-order valence-electron chi connectivity index (χ0n) is 14.3. The van der Waals surface area contributed by atoms with Gasteiger partial charge in [-0.25, -0.2) is 4.98 Å². The number of aryl methyl sites for hydroxylation is 1. The second-order valence-corrected chi connectivity index (χ2v) is 6.29. The van der Waals surface area contributed by atoms with Gasteiger partial charge in [0.1, 0.15) is 5.82 Å². The van der Waals surface area contributed by atoms with Crippen LogP contribution in [0.4, 0.5) is 0 Å². The first-order chi connectivity index (χ1) is 12.6. The smallest absolute Gasteiger partial charge is 0.262 e. The first kappa shape index (κ1) is 16.7. The van der Waals surface area contributed by atoms with Crippen LogP contribution in [-0.4, -0.2) is 37.9 Å². The molecule has 8 heteroatoms. The molecule has 7 nitrogen and oxygen atoms in total. The molecule has 4 rings (SSSR count). The maximum Gasteiger partial charge on any atom is 0.262 e. The second-order valence-electron chi connectivity index (χ2n) is 5.88. The third-order valence-electron chi connectivity index (χ3n) is 4.17. The van der Waals surface area contributed by atoms with Gasteiger partial charge < -0.3 is 9.30 Å². The van der Waals surface area contributed by atoms with Gasteiger partial charge in [0.2, 0.25) is 0 Å². The summed E-state index contributed by atoms with van der Waals surface area (Å²) in [5.41, 5.74) is 1.68. The maximum absolute atomic E-state index is 13.2. The van der Waals surface area contributed by atoms with Crippen molar-refractivity contribution in [3.63, 3.8) is 0 Å². The summed E-state index contributed by atoms with van der Waals surface area (Å²) in [6.07, 6.45) is 1.72. The molecule has 0 aliphatic rings. The van der Waals surface area contributed by atoms with Gasteiger partial charge in [0, 0.05) is 30.4 Å². The van der Waals surface area contributed by atoms with Gasteiger partial charge >= 0.3 is 0 Å². The van der Waals surface area contributed by atoms with Crippen LogP contribution >= 0.6 is 11.6 Å². The largest absolute Gasteiger partial charge is 0.383 e. The summed E-state index contributed by atoms with van der Waals surface area (Å²) < 4.78 is 8.28. The molecule has 0 aliphatic heterocycles. The summed E-state index contributed by atoms with van der Waals surface area (Å²) in [5, 5.41) is 5.41. The summed E-state index contributed by atoms with van der Waals surface area (Å²) in [6, 6.07) is 9.16. The van der Waals surface area contributed by atoms with Crippen LogP contribution in [-0.2, 0) is 11.3 Å². The minimum absolute atomic E-state index is 0.169. The minimum Gasteiger partial charge on any atom is -0.383 e. The normalized spacial score (nSPS) is 11.5. The predicted octanol–water partition coefficient (Wildman–Crippen LogP) is 2.71. The molecule has 0 amide bonds. The molecule has 0 fully saturated rings. The van der Waals surface area contributed by atoms with E-state index in [-0.39, 0.29) is 5.56 Å². The molecule has 3 heterocycles. The van der Waals surface area contributed by atoms with Crippen molar-refractivity contribution in [1.29, 1.82) is 0 Å². The Morgan fingerprint density at radius 1 is 1.19 bits per heavy atom. The zero-order valence-corrected chi connectivity index (χ0v) is 15.1. The van der Waals surface area contributed by atoms with Crippen LogP contribution in [0.3, 0.4) is 0 Å². The van der Waals surface area contributed by atoms with Gasteiger partial charge in [-0.05, 0) is 19.1 Å². The molecule has 0 bridgehead atoms. The minimum atomic E-state index is -0.169. The van der Waals surface area contributed by atoms with Crippen molar-refractivity contribution in [2.75, 3.05) is 13.7 Å². The van der Waals surface area contributed by atoms with Gasteiger partial charge in [-0.2, -0.15) is 9.50 Å². The monoisotopic (exact) mass is 369 g/mol. The maximum atomic E-state index is 13.2. The van der Waals surface area contributed by atoms with Crippen LogP contribution in [0.1, 0.15) is 5.82 Å². The molecule has 0 saturated carbocycles. The van der Waals surface area contributed by atoms with Crippen molar-refractivity contribution in [3.8, 4) is 11.3 Å². The number of halogens is 1. The lowest BCUT2D eigenvalue weighted by Gasteiger charge is -2.12. The van der Waals surface area contributed by atoms with Gasteiger partial charge in [0.05, 0.1) is 23.2 Å². The van der Waals surface area contributed by atoms with Crippen molar-refractivity contribution < 1.29 is 4.74 Å². The average molecular weight is 370 g/mol. The van der Waals surface area contributed by atoms with Crippen molar-refractivity contribution in [1.82, 2.24) is 24.1 Å². The number of ether oxygens (including phenoxy) is 1. The van der Waals surface area contributed by atoms with Gasteiger partial charge in [-0.3, -0.25) is 4.79 Å². The van der Waals surface area contributed by atoms with Crippen molar-refractivity contribution in [2.45, 2.75) is 13.5 Å². The van der Waals surface area contributed by atoms with E-state index < -0.39 is 0 Å². The average Bonchev–Trinajstić information content (AvgIpc) is 3.00. The molecule has 0 unspecified atom stereocenters. The molecular weight excluding hydrogens is 354 g/mol. The highest BCUT2D eigenvalue weighted by molar-refractivity contribution is 6.33. The van der Waals surface area contributed by atoms with Crippen molar-refractivity contribution >= 4 is 28.3 Å². The van der Waals surface area contributed by atoms with E-state index in [4.69, 9.17) is 16.3 Å². The topological polar surface area (TPSA) is 74.3 Å². The summed E-state index contributed by atoms with van der Waals surface area (Å²) in [4.78, 5) is 22.0. The predicted molar refractivity (Wildman–Crippen MR) is 99.6 cm³/mol. The number of benzene rings is 1. The van der Waals surface area contributed by atoms with Gasteiger partial charge in [-0.15, -0.1) is 5.10 Å². The highest BCUT2D eigenvalue weighted by Crippen LogP contribution is 2.31. The highest BCUT2D eigenvalue weighted by Gasteiger charge is 2.19. The molecular formula is C18H16ClN5O2. The van der Waals surface area contributed by atoms with Crippen LogP contribution in [0, 0.1) is 6.92 Å². The summed E-state index contributed by atoms with van der Waals surface area (Å²) in [7, 11) is 1.60. The second kappa shape index (κ2) is 6.51. The van der Waals surface area contributed by atoms with Crippen LogP contribution in [0.25, 0.3) is 27.9 Å². The summed E-state index contributed by atoms with van der Waals surface area (Å²) >= 11 is 6.43. The Labute approximate surface area is 153 Å². The number of hydrogen-bond donors (Lipinski definition) is 0. The van der Waals surface area contributed by atoms with Crippen molar-refractivity contribution in [3.05, 3.63) is 57.7 Å². The third kappa shape index (κ3) is 2.65. The zero-order chi connectivity index (χ0) is 18.3. The van der Waals surface area contributed by atoms with E-state index in [1.54, 1.807) is 41.4 Å². The van der Waals surface area contributed by atoms with Crippen LogP contribution < -0.4 is 5.56 Å². The van der Waals surface area contributed by atoms with E-state index in [1.807, 2.05) is 18.2 Å². The molecule has 0 atom stereocenters. The SMILES string of the molecule is COCCn1ccc2nc3nc(C)nn3c(-c3ccccc3Cl)c2c1=O. The molecule has 4 aromatic rings. The van der Waals surface area contributed by atoms with Crippen LogP contribution in [0.15, 0.2) is 41.3 Å². The fourth-order valence-electron chi connectivity index (χ4n) is 2.99. The van der Waals surface area contributed by atoms with Crippen molar-refractivity contribution in [2.24, 2.45) is 0 Å². The van der Waals surface area contributed by atoms with Crippen LogP contribution in [0.5, 0.6) is 0 Å². The molecule has 3 aromatic heterocycles. The fourth-order valence-corrected chi connectivity index (χ4v) is 3.21. The Kier molecular flexibility index (Phi) is 4.18. The van der Waals surface area contributed by atoms with Gasteiger partial charge in [0.25, 0.3) is 11.3 Å². The molecule has 0 spiro atoms. The number of methoxy groups -OCH3 is 1. The number of hydrogen-bond acceptors (Lipinski definition) is 5. The molecule has 1 aromatic carbocycles. The lowest BCUT2D eigenvalue weighted by atomic mass is 10.1. The van der Waals surface area contributed by atoms with Gasteiger partial charge in [-0.1, -0.05) is 29.8 Å². The van der Waals surface area contributed by atoms with Crippen LogP contribution in [0.2, 0.25) is 5.02 Å². The lowest BCUT2D eigenvalue weighted by molar-refractivity contribution is 0.186. The molecule has 0 aliphatic carbocycles. The fraction of sp³-hybridized carbons (Fsp3) is 0.222. The number of pyridine rings is 1. The van der Waals surface area contributed by atoms with E-state index in [0.717, 1.165) is 0 Å². The van der Waals surface area contributed by atoms with E-state index in [9.17, 15) is 4.79 Å². The third-order valence-corrected chi connectivity index (χ3v) is 4.50. The first-order valence-electron chi connectivity index (χ1n) is 8.10. The van der Waals surface area contributed by atoms with E-state index >= 15 is 0 Å². The number of rotatable bonds is 4. The number of aromatic nitrogens is 5. The Morgan fingerprint density at radius 3 is 2.77 bits per heavy atom. The summed E-state index contributed by atoms with van der Waals surface area (Å²) in [5.74, 6) is 1.000. The Balaban J connectivity index is 2.16. The summed E-state index contributed by atoms with van der Waals surface area (Å²) in [6.45, 7) is 2.67. The highest BCUT2D eigenvalue weighted by atomic mass is 35.5. The first-order valence-corrected chi connectivity index (χ1v) is 8.48. The molecule has 26 heavy (non-hydrogen) atoms. The standard InChI is InChI=1S/C18H16ClN5O2/c1-11-20-18-21-14-7-8-23(9-10-26-2)17(25)15(14)16(24(18)22-11)12-5-3-4-6-13(12)19/h3-8H,9-10H2,1-2H3. The van der Waals surface area contributed by atoms with Gasteiger partial charge in [0.15, 0.2) is 0 Å². The van der Waals surface area contributed by atoms with E-state index in [1.165, 1.54) is 0 Å². The van der Waals surface area contributed by atoms with E-state index in [0.29, 0.717) is 51.9 Å².